The summed E-state index contributed by atoms with van der Waals surface area (Å²) in [5, 5.41) is 13.1. The van der Waals surface area contributed by atoms with E-state index in [0.29, 0.717) is 31.6 Å². The van der Waals surface area contributed by atoms with Crippen LogP contribution in [0.15, 0.2) is 35.4 Å². The Morgan fingerprint density at radius 1 is 1.11 bits per heavy atom. The molecule has 28 heavy (non-hydrogen) atoms. The zero-order valence-electron chi connectivity index (χ0n) is 15.0. The fraction of sp³-hybridized carbons (Fsp3) is 0.500. The van der Waals surface area contributed by atoms with Crippen molar-refractivity contribution in [2.24, 2.45) is 11.8 Å². The molecule has 0 aliphatic carbocycles. The number of piperidine rings is 1. The average Bonchev–Trinajstić information content (AvgIpc) is 3.41. The second-order valence-electron chi connectivity index (χ2n) is 7.87. The van der Waals surface area contributed by atoms with Gasteiger partial charge in [-0.25, -0.2) is 12.8 Å². The van der Waals surface area contributed by atoms with Crippen LogP contribution < -0.4 is 5.32 Å². The number of hydrogen-bond donors (Lipinski definition) is 2. The molecule has 2 N–H and O–H groups in total. The number of fused-ring (bicyclic) bond motifs is 5. The van der Waals surface area contributed by atoms with Crippen LogP contribution in [0.5, 0.6) is 0 Å². The van der Waals surface area contributed by atoms with Gasteiger partial charge in [-0.05, 0) is 48.9 Å². The predicted octanol–water partition coefficient (Wildman–Crippen LogP) is 0.609. The topological polar surface area (TPSA) is 108 Å². The number of amides is 1. The predicted molar refractivity (Wildman–Crippen MR) is 96.6 cm³/mol. The van der Waals surface area contributed by atoms with Crippen LogP contribution in [0.2, 0.25) is 0 Å². The molecule has 0 spiro atoms. The number of H-pyrrole nitrogens is 1. The molecule has 1 aromatic carbocycles. The molecular weight excluding hydrogens is 385 g/mol. The molecule has 3 aliphatic rings. The number of benzene rings is 1. The van der Waals surface area contributed by atoms with Gasteiger partial charge in [-0.2, -0.15) is 15.4 Å². The summed E-state index contributed by atoms with van der Waals surface area (Å²) in [7, 11) is -3.51. The van der Waals surface area contributed by atoms with Crippen LogP contribution >= 0.6 is 0 Å². The van der Waals surface area contributed by atoms with Crippen LogP contribution in [-0.2, 0) is 9.84 Å². The van der Waals surface area contributed by atoms with Crippen molar-refractivity contribution < 1.29 is 17.6 Å². The number of likely N-dealkylation sites (tertiary alicyclic amines) is 1. The van der Waals surface area contributed by atoms with Gasteiger partial charge in [0.25, 0.3) is 5.91 Å². The number of carbonyl (C=O) groups is 1. The van der Waals surface area contributed by atoms with Crippen molar-refractivity contribution >= 4 is 15.7 Å². The molecule has 1 amide bonds. The van der Waals surface area contributed by atoms with E-state index < -0.39 is 20.9 Å². The van der Waals surface area contributed by atoms with Crippen molar-refractivity contribution in [3.8, 4) is 0 Å². The Bertz CT molecular complexity index is 975. The van der Waals surface area contributed by atoms with Crippen molar-refractivity contribution in [1.29, 1.82) is 0 Å². The van der Waals surface area contributed by atoms with Crippen LogP contribution in [0.4, 0.5) is 4.39 Å². The van der Waals surface area contributed by atoms with Crippen molar-refractivity contribution in [3.05, 3.63) is 42.0 Å². The summed E-state index contributed by atoms with van der Waals surface area (Å²) in [6.07, 6.45) is 2.42. The van der Waals surface area contributed by atoms with Gasteiger partial charge < -0.3 is 10.2 Å². The minimum atomic E-state index is -3.51. The van der Waals surface area contributed by atoms with Crippen LogP contribution in [0, 0.1) is 17.7 Å². The molecule has 3 fully saturated rings. The fourth-order valence-electron chi connectivity index (χ4n) is 5.08. The molecule has 0 radical (unpaired) electrons. The lowest BCUT2D eigenvalue weighted by Gasteiger charge is -2.32. The Hall–Kier alpha value is -2.33. The van der Waals surface area contributed by atoms with Crippen molar-refractivity contribution in [2.45, 2.75) is 35.1 Å². The lowest BCUT2D eigenvalue weighted by molar-refractivity contribution is 0.0767. The van der Waals surface area contributed by atoms with Gasteiger partial charge in [0.2, 0.25) is 0 Å². The Kier molecular flexibility index (Phi) is 4.02. The molecule has 1 aromatic heterocycles. The number of nitrogens with zero attached hydrogens (tertiary/aromatic N) is 3. The number of aromatic amines is 1. The molecule has 3 saturated heterocycles. The van der Waals surface area contributed by atoms with Gasteiger partial charge in [0, 0.05) is 25.2 Å². The van der Waals surface area contributed by atoms with E-state index in [1.807, 2.05) is 0 Å². The van der Waals surface area contributed by atoms with Crippen molar-refractivity contribution in [1.82, 2.24) is 25.6 Å². The first-order valence-electron chi connectivity index (χ1n) is 9.34. The highest BCUT2D eigenvalue weighted by Gasteiger charge is 2.54. The number of carbonyl (C=O) groups excluding carboxylic acids is 1. The minimum absolute atomic E-state index is 0.0547. The summed E-state index contributed by atoms with van der Waals surface area (Å²) in [4.78, 5) is 14.5. The van der Waals surface area contributed by atoms with E-state index in [4.69, 9.17) is 0 Å². The average molecular weight is 405 g/mol. The zero-order chi connectivity index (χ0) is 19.5. The molecule has 2 bridgehead atoms. The smallest absolute Gasteiger partial charge is 0.276 e. The molecule has 1 unspecified atom stereocenters. The molecule has 3 aliphatic heterocycles. The minimum Gasteiger partial charge on any atom is -0.337 e. The molecule has 10 heteroatoms. The normalized spacial score (nSPS) is 31.8. The Morgan fingerprint density at radius 3 is 2.32 bits per heavy atom. The van der Waals surface area contributed by atoms with Gasteiger partial charge in [0.1, 0.15) is 5.82 Å². The van der Waals surface area contributed by atoms with Crippen LogP contribution in [-0.4, -0.2) is 65.1 Å². The number of rotatable bonds is 3. The number of halogens is 1. The highest BCUT2D eigenvalue weighted by Crippen LogP contribution is 2.44. The highest BCUT2D eigenvalue weighted by atomic mass is 32.2. The Labute approximate surface area is 161 Å². The Morgan fingerprint density at radius 2 is 1.75 bits per heavy atom. The standard InChI is InChI=1S/C18H20FN5O3S/c19-10-1-3-11(4-2-10)28(26,27)12-5-15-13-8-24(9-14(13)16(6-12)21-15)18(25)17-7-20-23-22-17/h1-4,7,12-16,21H,5-6,8-9H2,(H,20,22,23)/t12?,13-,14+,15-,16+. The number of hydrogen-bond acceptors (Lipinski definition) is 6. The lowest BCUT2D eigenvalue weighted by Crippen LogP contribution is -2.47. The Balaban J connectivity index is 1.33. The maximum atomic E-state index is 13.2. The maximum Gasteiger partial charge on any atom is 0.276 e. The number of sulfone groups is 1. The van der Waals surface area contributed by atoms with E-state index in [1.165, 1.54) is 30.5 Å². The van der Waals surface area contributed by atoms with Gasteiger partial charge in [0.15, 0.2) is 15.5 Å². The lowest BCUT2D eigenvalue weighted by atomic mass is 9.92. The van der Waals surface area contributed by atoms with E-state index in [1.54, 1.807) is 4.90 Å². The van der Waals surface area contributed by atoms with E-state index in [9.17, 15) is 17.6 Å². The first kappa shape index (κ1) is 17.7. The van der Waals surface area contributed by atoms with Gasteiger partial charge in [-0.15, -0.1) is 0 Å². The quantitative estimate of drug-likeness (QED) is 0.725. The van der Waals surface area contributed by atoms with Gasteiger partial charge in [-0.3, -0.25) is 4.79 Å². The second-order valence-corrected chi connectivity index (χ2v) is 10.1. The molecular formula is C18H20FN5O3S. The second kappa shape index (κ2) is 6.35. The van der Waals surface area contributed by atoms with E-state index in [0.717, 1.165) is 0 Å². The third-order valence-electron chi connectivity index (χ3n) is 6.41. The van der Waals surface area contributed by atoms with Gasteiger partial charge in [0.05, 0.1) is 16.3 Å². The first-order chi connectivity index (χ1) is 13.4. The van der Waals surface area contributed by atoms with Gasteiger partial charge >= 0.3 is 0 Å². The van der Waals surface area contributed by atoms with Crippen LogP contribution in [0.1, 0.15) is 23.3 Å². The summed E-state index contributed by atoms with van der Waals surface area (Å²) >= 11 is 0. The first-order valence-corrected chi connectivity index (χ1v) is 10.9. The summed E-state index contributed by atoms with van der Waals surface area (Å²) in [6.45, 7) is 1.18. The van der Waals surface area contributed by atoms with Crippen LogP contribution in [0.25, 0.3) is 0 Å². The highest BCUT2D eigenvalue weighted by molar-refractivity contribution is 7.92. The summed E-state index contributed by atoms with van der Waals surface area (Å²) < 4.78 is 39.2. The third-order valence-corrected chi connectivity index (χ3v) is 8.60. The molecule has 148 valence electrons. The molecule has 0 saturated carbocycles. The summed E-state index contributed by atoms with van der Waals surface area (Å²) in [6, 6.07) is 5.16. The van der Waals surface area contributed by atoms with Crippen LogP contribution in [0.3, 0.4) is 0 Å². The van der Waals surface area contributed by atoms with Crippen molar-refractivity contribution in [3.63, 3.8) is 0 Å². The molecule has 8 nitrogen and oxygen atoms in total. The SMILES string of the molecule is O=C(c1cn[nH]n1)N1C[C@@H]2[C@H](C1)[C@@H]1CC(S(=O)(=O)c3ccc(F)cc3)C[C@H]2N1. The molecule has 5 rings (SSSR count). The van der Waals surface area contributed by atoms with Crippen molar-refractivity contribution in [2.75, 3.05) is 13.1 Å². The molecule has 5 atom stereocenters. The number of aromatic nitrogens is 3. The maximum absolute atomic E-state index is 13.2. The summed E-state index contributed by atoms with van der Waals surface area (Å²) in [5.41, 5.74) is 0.301. The fourth-order valence-corrected chi connectivity index (χ4v) is 6.90. The third kappa shape index (κ3) is 2.74. The number of nitrogens with one attached hydrogen (secondary N) is 2. The van der Waals surface area contributed by atoms with Gasteiger partial charge in [-0.1, -0.05) is 0 Å². The zero-order valence-corrected chi connectivity index (χ0v) is 15.8. The molecule has 2 aromatic rings. The molecule has 4 heterocycles. The monoisotopic (exact) mass is 405 g/mol. The van der Waals surface area contributed by atoms with E-state index in [2.05, 4.69) is 20.7 Å². The van der Waals surface area contributed by atoms with E-state index >= 15 is 0 Å². The largest absolute Gasteiger partial charge is 0.337 e. The summed E-state index contributed by atoms with van der Waals surface area (Å²) in [5.74, 6) is -0.129. The van der Waals surface area contributed by atoms with E-state index in [-0.39, 0.29) is 34.7 Å².